The number of halogens is 2. The molecule has 0 spiro atoms. The largest absolute Gasteiger partial charge is 0.366 e. The first kappa shape index (κ1) is 14.0. The van der Waals surface area contributed by atoms with Crippen LogP contribution in [0, 0.1) is 0 Å². The lowest BCUT2D eigenvalue weighted by atomic mass is 10.1. The SMILES string of the molecule is CC1CN(C)CCCN1c1ccc(CCl)cc1Cl. The number of likely N-dealkylation sites (N-methyl/N-ethyl adjacent to an activating group) is 1. The van der Waals surface area contributed by atoms with E-state index in [1.807, 2.05) is 6.07 Å². The van der Waals surface area contributed by atoms with Crippen molar-refractivity contribution in [1.29, 1.82) is 0 Å². The van der Waals surface area contributed by atoms with Crippen LogP contribution in [0.5, 0.6) is 0 Å². The Labute approximate surface area is 119 Å². The fourth-order valence-electron chi connectivity index (χ4n) is 2.60. The average Bonchev–Trinajstić information content (AvgIpc) is 2.50. The van der Waals surface area contributed by atoms with Gasteiger partial charge in [0.15, 0.2) is 0 Å². The van der Waals surface area contributed by atoms with Crippen molar-refractivity contribution in [2.75, 3.05) is 31.6 Å². The summed E-state index contributed by atoms with van der Waals surface area (Å²) in [4.78, 5) is 4.79. The van der Waals surface area contributed by atoms with Crippen molar-refractivity contribution < 1.29 is 0 Å². The zero-order chi connectivity index (χ0) is 13.1. The maximum absolute atomic E-state index is 6.38. The molecule has 1 aromatic carbocycles. The predicted octanol–water partition coefficient (Wildman–Crippen LogP) is 3.61. The second-order valence-electron chi connectivity index (χ2n) is 5.08. The van der Waals surface area contributed by atoms with E-state index in [0.717, 1.165) is 35.9 Å². The molecule has 0 aromatic heterocycles. The molecular formula is C14H20Cl2N2. The van der Waals surface area contributed by atoms with Crippen molar-refractivity contribution in [2.24, 2.45) is 0 Å². The summed E-state index contributed by atoms with van der Waals surface area (Å²) in [6.07, 6.45) is 1.18. The van der Waals surface area contributed by atoms with E-state index in [0.29, 0.717) is 11.9 Å². The van der Waals surface area contributed by atoms with Gasteiger partial charge in [0.25, 0.3) is 0 Å². The predicted molar refractivity (Wildman–Crippen MR) is 79.9 cm³/mol. The van der Waals surface area contributed by atoms with Crippen molar-refractivity contribution in [3.05, 3.63) is 28.8 Å². The summed E-state index contributed by atoms with van der Waals surface area (Å²) in [6.45, 7) is 5.55. The molecule has 1 unspecified atom stereocenters. The van der Waals surface area contributed by atoms with Crippen LogP contribution in [0.15, 0.2) is 18.2 Å². The Morgan fingerprint density at radius 3 is 2.78 bits per heavy atom. The Balaban J connectivity index is 2.24. The van der Waals surface area contributed by atoms with Crippen LogP contribution in [-0.2, 0) is 5.88 Å². The molecule has 1 heterocycles. The van der Waals surface area contributed by atoms with Crippen molar-refractivity contribution >= 4 is 28.9 Å². The number of benzene rings is 1. The van der Waals surface area contributed by atoms with E-state index >= 15 is 0 Å². The fourth-order valence-corrected chi connectivity index (χ4v) is 3.07. The number of hydrogen-bond donors (Lipinski definition) is 0. The van der Waals surface area contributed by atoms with Crippen LogP contribution in [0.4, 0.5) is 5.69 Å². The maximum Gasteiger partial charge on any atom is 0.0642 e. The van der Waals surface area contributed by atoms with E-state index in [2.05, 4.69) is 35.9 Å². The van der Waals surface area contributed by atoms with Crippen LogP contribution in [-0.4, -0.2) is 37.6 Å². The van der Waals surface area contributed by atoms with Crippen LogP contribution in [0.2, 0.25) is 5.02 Å². The number of alkyl halides is 1. The van der Waals surface area contributed by atoms with Crippen molar-refractivity contribution in [3.8, 4) is 0 Å². The molecule has 1 fully saturated rings. The first-order valence-corrected chi connectivity index (χ1v) is 7.32. The molecule has 0 saturated carbocycles. The molecule has 0 radical (unpaired) electrons. The molecule has 0 N–H and O–H groups in total. The van der Waals surface area contributed by atoms with E-state index < -0.39 is 0 Å². The Kier molecular flexibility index (Phi) is 4.77. The summed E-state index contributed by atoms with van der Waals surface area (Å²) in [6, 6.07) is 6.62. The molecule has 0 aliphatic carbocycles. The van der Waals surface area contributed by atoms with Gasteiger partial charge in [-0.3, -0.25) is 0 Å². The maximum atomic E-state index is 6.38. The first-order chi connectivity index (χ1) is 8.61. The zero-order valence-corrected chi connectivity index (χ0v) is 12.5. The smallest absolute Gasteiger partial charge is 0.0642 e. The van der Waals surface area contributed by atoms with Gasteiger partial charge in [0, 0.05) is 25.0 Å². The molecule has 0 amide bonds. The molecule has 0 bridgehead atoms. The lowest BCUT2D eigenvalue weighted by Gasteiger charge is -2.31. The third-order valence-corrected chi connectivity index (χ3v) is 4.13. The van der Waals surface area contributed by atoms with Gasteiger partial charge in [-0.2, -0.15) is 0 Å². The van der Waals surface area contributed by atoms with E-state index in [4.69, 9.17) is 23.2 Å². The topological polar surface area (TPSA) is 6.48 Å². The van der Waals surface area contributed by atoms with Crippen LogP contribution in [0.1, 0.15) is 18.9 Å². The number of anilines is 1. The molecular weight excluding hydrogens is 267 g/mol. The highest BCUT2D eigenvalue weighted by Gasteiger charge is 2.21. The first-order valence-electron chi connectivity index (χ1n) is 6.41. The lowest BCUT2D eigenvalue weighted by Crippen LogP contribution is -2.38. The lowest BCUT2D eigenvalue weighted by molar-refractivity contribution is 0.337. The molecule has 1 aliphatic heterocycles. The highest BCUT2D eigenvalue weighted by Crippen LogP contribution is 2.30. The standard InChI is InChI=1S/C14H20Cl2N2/c1-11-10-17(2)6-3-7-18(11)14-5-4-12(9-15)8-13(14)16/h4-5,8,11H,3,6-7,9-10H2,1-2H3. The molecule has 1 atom stereocenters. The Morgan fingerprint density at radius 2 is 2.11 bits per heavy atom. The molecule has 1 saturated heterocycles. The van der Waals surface area contributed by atoms with Gasteiger partial charge in [0.1, 0.15) is 0 Å². The normalized spacial score (nSPS) is 22.0. The minimum absolute atomic E-state index is 0.483. The number of hydrogen-bond acceptors (Lipinski definition) is 2. The van der Waals surface area contributed by atoms with E-state index in [-0.39, 0.29) is 0 Å². The summed E-state index contributed by atoms with van der Waals surface area (Å²) in [7, 11) is 2.18. The van der Waals surface area contributed by atoms with Crippen molar-refractivity contribution in [2.45, 2.75) is 25.3 Å². The fraction of sp³-hybridized carbons (Fsp3) is 0.571. The monoisotopic (exact) mass is 286 g/mol. The third kappa shape index (κ3) is 3.11. The Bertz CT molecular complexity index is 409. The minimum Gasteiger partial charge on any atom is -0.366 e. The number of nitrogens with zero attached hydrogens (tertiary/aromatic N) is 2. The minimum atomic E-state index is 0.483. The summed E-state index contributed by atoms with van der Waals surface area (Å²) >= 11 is 12.2. The van der Waals surface area contributed by atoms with Gasteiger partial charge in [-0.25, -0.2) is 0 Å². The van der Waals surface area contributed by atoms with E-state index in [1.165, 1.54) is 6.42 Å². The summed E-state index contributed by atoms with van der Waals surface area (Å²) in [5, 5.41) is 0.810. The zero-order valence-electron chi connectivity index (χ0n) is 11.0. The molecule has 2 nitrogen and oxygen atoms in total. The summed E-state index contributed by atoms with van der Waals surface area (Å²) < 4.78 is 0. The van der Waals surface area contributed by atoms with Crippen molar-refractivity contribution in [3.63, 3.8) is 0 Å². The van der Waals surface area contributed by atoms with Gasteiger partial charge in [-0.1, -0.05) is 17.7 Å². The number of rotatable bonds is 2. The molecule has 2 rings (SSSR count). The van der Waals surface area contributed by atoms with Crippen LogP contribution in [0.25, 0.3) is 0 Å². The van der Waals surface area contributed by atoms with Crippen molar-refractivity contribution in [1.82, 2.24) is 4.90 Å². The molecule has 4 heteroatoms. The molecule has 1 aliphatic rings. The quantitative estimate of drug-likeness (QED) is 0.767. The highest BCUT2D eigenvalue weighted by atomic mass is 35.5. The molecule has 1 aromatic rings. The van der Waals surface area contributed by atoms with Crippen LogP contribution in [0.3, 0.4) is 0 Å². The van der Waals surface area contributed by atoms with Crippen LogP contribution >= 0.6 is 23.2 Å². The highest BCUT2D eigenvalue weighted by molar-refractivity contribution is 6.33. The molecule has 100 valence electrons. The van der Waals surface area contributed by atoms with Gasteiger partial charge in [-0.15, -0.1) is 11.6 Å². The van der Waals surface area contributed by atoms with E-state index in [9.17, 15) is 0 Å². The van der Waals surface area contributed by atoms with E-state index in [1.54, 1.807) is 0 Å². The van der Waals surface area contributed by atoms with Gasteiger partial charge >= 0.3 is 0 Å². The van der Waals surface area contributed by atoms with Gasteiger partial charge in [0.2, 0.25) is 0 Å². The summed E-state index contributed by atoms with van der Waals surface area (Å²) in [5.41, 5.74) is 2.21. The van der Waals surface area contributed by atoms with Gasteiger partial charge < -0.3 is 9.80 Å². The molecule has 18 heavy (non-hydrogen) atoms. The summed E-state index contributed by atoms with van der Waals surface area (Å²) in [5.74, 6) is 0.512. The Hall–Kier alpha value is -0.440. The van der Waals surface area contributed by atoms with Gasteiger partial charge in [0.05, 0.1) is 10.7 Å². The average molecular weight is 287 g/mol. The van der Waals surface area contributed by atoms with Crippen LogP contribution < -0.4 is 4.90 Å². The van der Waals surface area contributed by atoms with Gasteiger partial charge in [-0.05, 0) is 44.6 Å². The Morgan fingerprint density at radius 1 is 1.33 bits per heavy atom. The third-order valence-electron chi connectivity index (χ3n) is 3.52. The second kappa shape index (κ2) is 6.14. The second-order valence-corrected chi connectivity index (χ2v) is 5.75.